The molecular weight excluding hydrogens is 340 g/mol. The van der Waals surface area contributed by atoms with Gasteiger partial charge < -0.3 is 10.5 Å². The van der Waals surface area contributed by atoms with Crippen LogP contribution in [0.15, 0.2) is 14.7 Å². The second kappa shape index (κ2) is 6.97. The van der Waals surface area contributed by atoms with Crippen LogP contribution in [-0.4, -0.2) is 40.0 Å². The van der Waals surface area contributed by atoms with Gasteiger partial charge in [-0.05, 0) is 28.4 Å². The molecule has 0 aromatic carbocycles. The van der Waals surface area contributed by atoms with Crippen LogP contribution in [0.2, 0.25) is 0 Å². The largest absolute Gasteiger partial charge is 0.385 e. The Morgan fingerprint density at radius 2 is 2.22 bits per heavy atom. The number of methoxy groups -OCH3 is 1. The number of ether oxygens (including phenoxy) is 1. The van der Waals surface area contributed by atoms with E-state index in [-0.39, 0.29) is 4.90 Å². The first kappa shape index (κ1) is 16.1. The minimum Gasteiger partial charge on any atom is -0.385 e. The average Bonchev–Trinajstić information content (AvgIpc) is 2.71. The lowest BCUT2D eigenvalue weighted by atomic mass is 10.4. The fourth-order valence-electron chi connectivity index (χ4n) is 1.39. The van der Waals surface area contributed by atoms with E-state index in [1.54, 1.807) is 20.2 Å². The number of thiophene rings is 1. The van der Waals surface area contributed by atoms with E-state index in [0.717, 1.165) is 4.88 Å². The van der Waals surface area contributed by atoms with Crippen LogP contribution in [0.3, 0.4) is 0 Å². The average molecular weight is 357 g/mol. The highest BCUT2D eigenvalue weighted by atomic mass is 79.9. The minimum absolute atomic E-state index is 0.285. The van der Waals surface area contributed by atoms with E-state index in [1.165, 1.54) is 15.6 Å². The van der Waals surface area contributed by atoms with E-state index in [0.29, 0.717) is 29.9 Å². The first-order valence-electron chi connectivity index (χ1n) is 5.37. The van der Waals surface area contributed by atoms with Gasteiger partial charge in [-0.3, -0.25) is 0 Å². The lowest BCUT2D eigenvalue weighted by Gasteiger charge is -2.16. The molecule has 0 saturated heterocycles. The van der Waals surface area contributed by atoms with Crippen molar-refractivity contribution in [3.05, 3.63) is 14.7 Å². The van der Waals surface area contributed by atoms with Crippen LogP contribution >= 0.6 is 27.3 Å². The molecule has 0 aliphatic heterocycles. The molecule has 8 heteroatoms. The molecule has 0 atom stereocenters. The van der Waals surface area contributed by atoms with Crippen LogP contribution in [0.1, 0.15) is 11.3 Å². The summed E-state index contributed by atoms with van der Waals surface area (Å²) in [5, 5.41) is 0. The number of rotatable bonds is 7. The molecule has 0 fully saturated rings. The molecule has 5 nitrogen and oxygen atoms in total. The molecule has 0 aliphatic carbocycles. The minimum atomic E-state index is -3.45. The maximum absolute atomic E-state index is 12.3. The summed E-state index contributed by atoms with van der Waals surface area (Å²) in [6, 6.07) is 1.62. The van der Waals surface area contributed by atoms with Crippen molar-refractivity contribution in [2.24, 2.45) is 5.73 Å². The van der Waals surface area contributed by atoms with Crippen molar-refractivity contribution in [1.82, 2.24) is 4.31 Å². The van der Waals surface area contributed by atoms with Crippen molar-refractivity contribution in [1.29, 1.82) is 0 Å². The molecular formula is C10H17BrN2O3S2. The number of hydrogen-bond donors (Lipinski definition) is 1. The van der Waals surface area contributed by atoms with Gasteiger partial charge in [0, 0.05) is 38.7 Å². The van der Waals surface area contributed by atoms with Gasteiger partial charge in [0.05, 0.1) is 3.79 Å². The standard InChI is InChI=1S/C10H17BrN2O3S2/c1-13(4-3-5-16-2)18(14,15)9-6-8(7-12)17-10(9)11/h6H,3-5,7,12H2,1-2H3. The van der Waals surface area contributed by atoms with Crippen LogP contribution < -0.4 is 5.73 Å². The smallest absolute Gasteiger partial charge is 0.244 e. The third kappa shape index (κ3) is 3.75. The Hall–Kier alpha value is 0.01000. The SMILES string of the molecule is COCCCN(C)S(=O)(=O)c1cc(CN)sc1Br. The van der Waals surface area contributed by atoms with Crippen LogP contribution in [-0.2, 0) is 21.3 Å². The highest BCUT2D eigenvalue weighted by Gasteiger charge is 2.25. The summed E-state index contributed by atoms with van der Waals surface area (Å²) in [5.41, 5.74) is 5.51. The summed E-state index contributed by atoms with van der Waals surface area (Å²) < 4.78 is 31.4. The Balaban J connectivity index is 2.87. The molecule has 0 saturated carbocycles. The quantitative estimate of drug-likeness (QED) is 0.753. The monoisotopic (exact) mass is 356 g/mol. The highest BCUT2D eigenvalue weighted by Crippen LogP contribution is 2.33. The fraction of sp³-hybridized carbons (Fsp3) is 0.600. The molecule has 0 bridgehead atoms. The van der Waals surface area contributed by atoms with Crippen molar-refractivity contribution < 1.29 is 13.2 Å². The Morgan fingerprint density at radius 3 is 2.72 bits per heavy atom. The van der Waals surface area contributed by atoms with Gasteiger partial charge in [-0.15, -0.1) is 11.3 Å². The second-order valence-corrected chi connectivity index (χ2v) is 8.20. The van der Waals surface area contributed by atoms with Gasteiger partial charge >= 0.3 is 0 Å². The van der Waals surface area contributed by atoms with E-state index >= 15 is 0 Å². The van der Waals surface area contributed by atoms with Crippen LogP contribution in [0.25, 0.3) is 0 Å². The molecule has 18 heavy (non-hydrogen) atoms. The predicted molar refractivity (Wildman–Crippen MR) is 76.2 cm³/mol. The lowest BCUT2D eigenvalue weighted by Crippen LogP contribution is -2.28. The van der Waals surface area contributed by atoms with E-state index in [4.69, 9.17) is 10.5 Å². The number of halogens is 1. The van der Waals surface area contributed by atoms with Gasteiger partial charge in [0.15, 0.2) is 0 Å². The number of nitrogens with two attached hydrogens (primary N) is 1. The van der Waals surface area contributed by atoms with Crippen molar-refractivity contribution in [2.45, 2.75) is 17.9 Å². The molecule has 1 aromatic heterocycles. The molecule has 2 N–H and O–H groups in total. The van der Waals surface area contributed by atoms with Crippen LogP contribution in [0, 0.1) is 0 Å². The molecule has 0 unspecified atom stereocenters. The predicted octanol–water partition coefficient (Wildman–Crippen LogP) is 1.63. The van der Waals surface area contributed by atoms with Crippen molar-refractivity contribution in [3.8, 4) is 0 Å². The maximum atomic E-state index is 12.3. The molecule has 1 rings (SSSR count). The van der Waals surface area contributed by atoms with Gasteiger partial charge in [0.25, 0.3) is 0 Å². The van der Waals surface area contributed by atoms with Crippen LogP contribution in [0.4, 0.5) is 0 Å². The molecule has 104 valence electrons. The van der Waals surface area contributed by atoms with Gasteiger partial charge in [-0.2, -0.15) is 0 Å². The van der Waals surface area contributed by atoms with Gasteiger partial charge in [-0.1, -0.05) is 0 Å². The summed E-state index contributed by atoms with van der Waals surface area (Å²) in [7, 11) is -0.292. The normalized spacial score (nSPS) is 12.3. The zero-order valence-corrected chi connectivity index (χ0v) is 13.6. The summed E-state index contributed by atoms with van der Waals surface area (Å²) in [6.07, 6.45) is 0.664. The zero-order valence-electron chi connectivity index (χ0n) is 10.3. The van der Waals surface area contributed by atoms with Crippen molar-refractivity contribution in [3.63, 3.8) is 0 Å². The third-order valence-corrected chi connectivity index (χ3v) is 6.55. The topological polar surface area (TPSA) is 72.6 Å². The Kier molecular flexibility index (Phi) is 6.22. The molecule has 0 aliphatic rings. The summed E-state index contributed by atoms with van der Waals surface area (Å²) in [6.45, 7) is 1.31. The molecule has 0 radical (unpaired) electrons. The van der Waals surface area contributed by atoms with Crippen molar-refractivity contribution >= 4 is 37.3 Å². The first-order valence-corrected chi connectivity index (χ1v) is 8.42. The van der Waals surface area contributed by atoms with Gasteiger partial charge in [0.2, 0.25) is 10.0 Å². The van der Waals surface area contributed by atoms with E-state index in [1.807, 2.05) is 0 Å². The van der Waals surface area contributed by atoms with E-state index in [2.05, 4.69) is 15.9 Å². The fourth-order valence-corrected chi connectivity index (χ4v) is 5.11. The summed E-state index contributed by atoms with van der Waals surface area (Å²) >= 11 is 4.62. The Morgan fingerprint density at radius 1 is 1.56 bits per heavy atom. The van der Waals surface area contributed by atoms with E-state index < -0.39 is 10.0 Å². The number of sulfonamides is 1. The highest BCUT2D eigenvalue weighted by molar-refractivity contribution is 9.11. The third-order valence-electron chi connectivity index (χ3n) is 2.42. The first-order chi connectivity index (χ1) is 8.43. The lowest BCUT2D eigenvalue weighted by molar-refractivity contribution is 0.189. The second-order valence-electron chi connectivity index (χ2n) is 3.73. The number of hydrogen-bond acceptors (Lipinski definition) is 5. The van der Waals surface area contributed by atoms with Crippen molar-refractivity contribution in [2.75, 3.05) is 27.3 Å². The molecule has 0 amide bonds. The van der Waals surface area contributed by atoms with E-state index in [9.17, 15) is 8.42 Å². The maximum Gasteiger partial charge on any atom is 0.244 e. The van der Waals surface area contributed by atoms with Gasteiger partial charge in [-0.25, -0.2) is 12.7 Å². The summed E-state index contributed by atoms with van der Waals surface area (Å²) in [5.74, 6) is 0. The van der Waals surface area contributed by atoms with Gasteiger partial charge in [0.1, 0.15) is 4.90 Å². The molecule has 0 spiro atoms. The Labute approximate surface area is 120 Å². The zero-order chi connectivity index (χ0) is 13.8. The Bertz CT molecular complexity index is 487. The molecule has 1 heterocycles. The summed E-state index contributed by atoms with van der Waals surface area (Å²) in [4.78, 5) is 1.12. The van der Waals surface area contributed by atoms with Crippen LogP contribution in [0.5, 0.6) is 0 Å². The molecule has 1 aromatic rings. The number of nitrogens with zero attached hydrogens (tertiary/aromatic N) is 1.